The fraction of sp³-hybridized carbons (Fsp3) is 0.553. The molecule has 0 atom stereocenters. The van der Waals surface area contributed by atoms with E-state index in [-0.39, 0.29) is 5.41 Å². The number of carboxylic acids is 1. The Morgan fingerprint density at radius 1 is 0.977 bits per heavy atom. The third-order valence-corrected chi connectivity index (χ3v) is 6.92. The Morgan fingerprint density at radius 3 is 1.86 bits per heavy atom. The maximum Gasteiger partial charge on any atom is 0.374 e. The normalized spacial score (nSPS) is 17.2. The summed E-state index contributed by atoms with van der Waals surface area (Å²) in [6.45, 7) is 22.3. The summed E-state index contributed by atoms with van der Waals surface area (Å²) in [7, 11) is 2.26. The topological polar surface area (TPSA) is 66.6 Å². The molecule has 4 nitrogen and oxygen atoms in total. The van der Waals surface area contributed by atoms with Gasteiger partial charge >= 0.3 is 11.9 Å². The van der Waals surface area contributed by atoms with Crippen molar-refractivity contribution in [1.82, 2.24) is 4.90 Å². The van der Waals surface area contributed by atoms with Crippen LogP contribution < -0.4 is 5.73 Å². The molecule has 1 saturated carbocycles. The molecular formula is C38H62F2N2O2. The second-order valence-electron chi connectivity index (χ2n) is 12.1. The summed E-state index contributed by atoms with van der Waals surface area (Å²) in [5.74, 6) is -4.03. The lowest BCUT2D eigenvalue weighted by molar-refractivity contribution is -0.161. The smallest absolute Gasteiger partial charge is 0.374 e. The lowest BCUT2D eigenvalue weighted by Gasteiger charge is -2.30. The fourth-order valence-corrected chi connectivity index (χ4v) is 4.32. The molecule has 1 aliphatic carbocycles. The third kappa shape index (κ3) is 22.7. The van der Waals surface area contributed by atoms with E-state index in [1.165, 1.54) is 43.4 Å². The van der Waals surface area contributed by atoms with Gasteiger partial charge in [0.25, 0.3) is 0 Å². The van der Waals surface area contributed by atoms with Crippen molar-refractivity contribution in [1.29, 1.82) is 0 Å². The number of halogens is 2. The van der Waals surface area contributed by atoms with E-state index >= 15 is 0 Å². The van der Waals surface area contributed by atoms with E-state index in [4.69, 9.17) is 10.8 Å². The summed E-state index contributed by atoms with van der Waals surface area (Å²) in [6.07, 6.45) is 22.5. The predicted molar refractivity (Wildman–Crippen MR) is 187 cm³/mol. The number of hydrogen-bond donors (Lipinski definition) is 2. The van der Waals surface area contributed by atoms with Gasteiger partial charge < -0.3 is 15.7 Å². The van der Waals surface area contributed by atoms with E-state index < -0.39 is 11.9 Å². The molecule has 0 unspecified atom stereocenters. The van der Waals surface area contributed by atoms with Gasteiger partial charge in [-0.05, 0) is 86.6 Å². The summed E-state index contributed by atoms with van der Waals surface area (Å²) in [6, 6.07) is 9.16. The summed E-state index contributed by atoms with van der Waals surface area (Å²) in [5, 5.41) is 7.50. The summed E-state index contributed by atoms with van der Waals surface area (Å²) < 4.78 is 22.5. The van der Waals surface area contributed by atoms with Crippen LogP contribution in [0.4, 0.5) is 8.78 Å². The van der Waals surface area contributed by atoms with Crippen LogP contribution >= 0.6 is 0 Å². The van der Waals surface area contributed by atoms with E-state index in [0.717, 1.165) is 36.9 Å². The second-order valence-corrected chi connectivity index (χ2v) is 12.1. The minimum Gasteiger partial charge on any atom is -0.477 e. The van der Waals surface area contributed by atoms with Gasteiger partial charge in [0.15, 0.2) is 0 Å². The molecule has 0 radical (unpaired) electrons. The number of hydrogen-bond acceptors (Lipinski definition) is 3. The number of alkyl halides is 2. The van der Waals surface area contributed by atoms with Crippen LogP contribution in [0.15, 0.2) is 85.0 Å². The van der Waals surface area contributed by atoms with Gasteiger partial charge in [-0.2, -0.15) is 8.78 Å². The maximum absolute atomic E-state index is 11.2. The first-order valence-electron chi connectivity index (χ1n) is 16.0. The molecule has 0 aliphatic heterocycles. The Bertz CT molecular complexity index is 1000. The molecule has 1 aromatic rings. The Kier molecular flexibility index (Phi) is 24.1. The van der Waals surface area contributed by atoms with Crippen molar-refractivity contribution in [3.8, 4) is 0 Å². The van der Waals surface area contributed by atoms with Crippen LogP contribution in [-0.2, 0) is 16.8 Å². The van der Waals surface area contributed by atoms with Gasteiger partial charge in [0.2, 0.25) is 0 Å². The number of nitrogens with two attached hydrogens (primary N) is 1. The highest BCUT2D eigenvalue weighted by molar-refractivity contribution is 5.74. The van der Waals surface area contributed by atoms with Gasteiger partial charge in [0.05, 0.1) is 0 Å². The number of nitrogens with zero attached hydrogens (tertiary/aromatic N) is 1. The molecule has 250 valence electrons. The molecule has 44 heavy (non-hydrogen) atoms. The predicted octanol–water partition coefficient (Wildman–Crippen LogP) is 10.1. The summed E-state index contributed by atoms with van der Waals surface area (Å²) >= 11 is 0. The molecular weight excluding hydrogens is 554 g/mol. The van der Waals surface area contributed by atoms with Crippen molar-refractivity contribution in [2.24, 2.45) is 17.6 Å². The van der Waals surface area contributed by atoms with Crippen LogP contribution in [0.2, 0.25) is 0 Å². The highest BCUT2D eigenvalue weighted by Crippen LogP contribution is 2.29. The molecule has 1 aromatic carbocycles. The number of carbonyl (C=O) groups is 1. The lowest BCUT2D eigenvalue weighted by Crippen LogP contribution is -2.29. The third-order valence-electron chi connectivity index (χ3n) is 6.92. The van der Waals surface area contributed by atoms with Gasteiger partial charge in [-0.25, -0.2) is 4.79 Å². The van der Waals surface area contributed by atoms with E-state index in [1.54, 1.807) is 0 Å². The van der Waals surface area contributed by atoms with Crippen molar-refractivity contribution >= 4 is 5.97 Å². The van der Waals surface area contributed by atoms with E-state index in [0.29, 0.717) is 6.92 Å². The van der Waals surface area contributed by atoms with E-state index in [9.17, 15) is 13.6 Å². The molecule has 0 spiro atoms. The van der Waals surface area contributed by atoms with E-state index in [1.807, 2.05) is 63.3 Å². The SMILES string of the molecule is C=C(/C=C\C=C/C)/C=C\C=C/CC.CC.CC(F)(F)C(=O)O.CN(Cc1ccc(C(C)(C)C)cc1)CC1CCC(CN)CC1. The molecule has 6 heteroatoms. The van der Waals surface area contributed by atoms with Crippen LogP contribution in [0.3, 0.4) is 0 Å². The number of allylic oxidation sites excluding steroid dienone is 9. The van der Waals surface area contributed by atoms with Gasteiger partial charge in [-0.3, -0.25) is 0 Å². The molecule has 0 bridgehead atoms. The van der Waals surface area contributed by atoms with Crippen molar-refractivity contribution in [3.05, 3.63) is 96.2 Å². The van der Waals surface area contributed by atoms with Gasteiger partial charge in [0.1, 0.15) is 0 Å². The first kappa shape index (κ1) is 43.3. The summed E-state index contributed by atoms with van der Waals surface area (Å²) in [4.78, 5) is 11.8. The van der Waals surface area contributed by atoms with Gasteiger partial charge in [-0.15, -0.1) is 0 Å². The molecule has 0 saturated heterocycles. The number of rotatable bonds is 11. The number of aliphatic carboxylic acids is 1. The van der Waals surface area contributed by atoms with Crippen molar-refractivity contribution < 1.29 is 18.7 Å². The van der Waals surface area contributed by atoms with Crippen molar-refractivity contribution in [3.63, 3.8) is 0 Å². The molecule has 1 aliphatic rings. The standard InChI is InChI=1S/C20H34N2.C13H18.C3H4F2O2.C2H6/c1-20(2,3)19-11-9-18(10-12-19)15-22(4)14-17-7-5-16(13-21)6-8-17;1-4-6-8-10-12-13(3)11-9-7-5-2;1-3(4,5)2(6)7;1-2/h9-12,16-17H,5-8,13-15,21H2,1-4H3;5-12H,3-4H2,1-2H3;1H3,(H,6,7);1-2H3/b;7-5-,8-6-,11-9-,12-10-;;. The zero-order valence-electron chi connectivity index (χ0n) is 29.1. The van der Waals surface area contributed by atoms with Crippen LogP contribution in [0.25, 0.3) is 0 Å². The largest absolute Gasteiger partial charge is 0.477 e. The number of carboxylic acid groups (broad SMARTS) is 1. The van der Waals surface area contributed by atoms with Crippen LogP contribution in [-0.4, -0.2) is 42.0 Å². The summed E-state index contributed by atoms with van der Waals surface area (Å²) in [5.41, 5.74) is 9.88. The van der Waals surface area contributed by atoms with Crippen LogP contribution in [0.5, 0.6) is 0 Å². The minimum absolute atomic E-state index is 0.242. The van der Waals surface area contributed by atoms with Crippen molar-refractivity contribution in [2.45, 2.75) is 105 Å². The number of benzene rings is 1. The van der Waals surface area contributed by atoms with Gasteiger partial charge in [-0.1, -0.05) is 121 Å². The lowest BCUT2D eigenvalue weighted by atomic mass is 9.82. The van der Waals surface area contributed by atoms with Crippen LogP contribution in [0, 0.1) is 11.8 Å². The Labute approximate surface area is 268 Å². The highest BCUT2D eigenvalue weighted by atomic mass is 19.3. The molecule has 0 amide bonds. The fourth-order valence-electron chi connectivity index (χ4n) is 4.32. The quantitative estimate of drug-likeness (QED) is 0.243. The first-order chi connectivity index (χ1) is 20.6. The molecule has 1 fully saturated rings. The van der Waals surface area contributed by atoms with E-state index in [2.05, 4.69) is 76.6 Å². The van der Waals surface area contributed by atoms with Crippen molar-refractivity contribution in [2.75, 3.05) is 20.1 Å². The first-order valence-corrected chi connectivity index (χ1v) is 16.0. The average Bonchev–Trinajstić information content (AvgIpc) is 2.97. The average molecular weight is 617 g/mol. The molecule has 3 N–H and O–H groups in total. The van der Waals surface area contributed by atoms with Gasteiger partial charge in [0, 0.05) is 20.0 Å². The molecule has 0 aromatic heterocycles. The Morgan fingerprint density at radius 2 is 1.45 bits per heavy atom. The zero-order chi connectivity index (χ0) is 34.2. The molecule has 0 heterocycles. The second kappa shape index (κ2) is 24.5. The zero-order valence-corrected chi connectivity index (χ0v) is 29.1. The monoisotopic (exact) mass is 616 g/mol. The Balaban J connectivity index is 0. The minimum atomic E-state index is -3.58. The maximum atomic E-state index is 11.2. The Hall–Kier alpha value is -2.83. The molecule has 2 rings (SSSR count). The van der Waals surface area contributed by atoms with Crippen LogP contribution in [0.1, 0.15) is 98.6 Å². The highest BCUT2D eigenvalue weighted by Gasteiger charge is 2.31.